The van der Waals surface area contributed by atoms with Crippen molar-refractivity contribution in [2.24, 2.45) is 0 Å². The number of nitrogens with one attached hydrogen (secondary N) is 2. The van der Waals surface area contributed by atoms with Crippen molar-refractivity contribution in [1.82, 2.24) is 9.44 Å². The normalized spacial score (nSPS) is 17.3. The van der Waals surface area contributed by atoms with Gasteiger partial charge in [-0.25, -0.2) is 21.6 Å². The fourth-order valence-corrected chi connectivity index (χ4v) is 6.25. The van der Waals surface area contributed by atoms with Crippen LogP contribution in [0, 0.1) is 0 Å². The molecule has 2 aromatic rings. The molecule has 1 aliphatic heterocycles. The van der Waals surface area contributed by atoms with Gasteiger partial charge in [0, 0.05) is 23.1 Å². The Balaban J connectivity index is 1.94. The molecule has 10 nitrogen and oxygen atoms in total. The van der Waals surface area contributed by atoms with Gasteiger partial charge in [-0.05, 0) is 67.8 Å². The number of carboxylic acid groups (broad SMARTS) is 1. The fourth-order valence-electron chi connectivity index (χ4n) is 3.31. The van der Waals surface area contributed by atoms with Gasteiger partial charge < -0.3 is 14.6 Å². The number of sulfonamides is 2. The van der Waals surface area contributed by atoms with Crippen molar-refractivity contribution in [2.75, 3.05) is 13.2 Å². The first-order valence-corrected chi connectivity index (χ1v) is 14.2. The number of rotatable bonds is 11. The lowest BCUT2D eigenvalue weighted by atomic mass is 10.1. The molecule has 1 atom stereocenters. The van der Waals surface area contributed by atoms with Gasteiger partial charge >= 0.3 is 5.97 Å². The smallest absolute Gasteiger partial charge is 0.341 e. The average Bonchev–Trinajstić information content (AvgIpc) is 2.79. The number of aliphatic carboxylic acids is 1. The summed E-state index contributed by atoms with van der Waals surface area (Å²) in [6.45, 7) is 0.157. The van der Waals surface area contributed by atoms with Crippen LogP contribution in [0.5, 0.6) is 0 Å². The fraction of sp³-hybridized carbons (Fsp3) is 0.381. The maximum absolute atomic E-state index is 13.1. The Bertz CT molecular complexity index is 1150. The lowest BCUT2D eigenvalue weighted by Crippen LogP contribution is -2.65. The van der Waals surface area contributed by atoms with Crippen LogP contribution in [0.4, 0.5) is 0 Å². The van der Waals surface area contributed by atoms with Gasteiger partial charge in [0.2, 0.25) is 20.0 Å². The minimum atomic E-state index is -4.52. The van der Waals surface area contributed by atoms with Crippen LogP contribution in [0.3, 0.4) is 0 Å². The Kier molecular flexibility index (Phi) is 9.16. The summed E-state index contributed by atoms with van der Waals surface area (Å²) in [5.74, 6) is -1.78. The zero-order chi connectivity index (χ0) is 25.7. The van der Waals surface area contributed by atoms with Crippen LogP contribution in [0.25, 0.3) is 0 Å². The number of halogens is 2. The van der Waals surface area contributed by atoms with Gasteiger partial charge in [0.25, 0.3) is 0 Å². The van der Waals surface area contributed by atoms with E-state index in [2.05, 4.69) is 0 Å². The van der Waals surface area contributed by atoms with Crippen molar-refractivity contribution >= 4 is 49.2 Å². The Morgan fingerprint density at radius 3 is 1.83 bits per heavy atom. The van der Waals surface area contributed by atoms with E-state index in [0.29, 0.717) is 13.0 Å². The van der Waals surface area contributed by atoms with Gasteiger partial charge in [-0.2, -0.15) is 9.44 Å². The van der Waals surface area contributed by atoms with E-state index in [-0.39, 0.29) is 26.4 Å². The van der Waals surface area contributed by atoms with E-state index in [1.807, 2.05) is 9.44 Å². The Hall–Kier alpha value is -1.77. The SMILES string of the molecule is O=C(O)C(CCOC1CCCCO1)(NS(=O)(=O)c1ccc(Cl)cc1)NS(=O)(=O)c1ccc(Cl)cc1. The van der Waals surface area contributed by atoms with E-state index in [4.69, 9.17) is 32.7 Å². The van der Waals surface area contributed by atoms with Crippen molar-refractivity contribution in [3.8, 4) is 0 Å². The van der Waals surface area contributed by atoms with Crippen LogP contribution in [-0.2, 0) is 34.3 Å². The molecule has 1 aliphatic rings. The first kappa shape index (κ1) is 27.8. The van der Waals surface area contributed by atoms with Crippen LogP contribution in [0.1, 0.15) is 25.7 Å². The highest BCUT2D eigenvalue weighted by Crippen LogP contribution is 2.22. The van der Waals surface area contributed by atoms with Crippen LogP contribution < -0.4 is 9.44 Å². The molecule has 35 heavy (non-hydrogen) atoms. The van der Waals surface area contributed by atoms with Gasteiger partial charge in [0.15, 0.2) is 12.0 Å². The second-order valence-corrected chi connectivity index (χ2v) is 12.0. The number of carboxylic acids is 1. The van der Waals surface area contributed by atoms with E-state index in [1.54, 1.807) is 0 Å². The molecule has 0 spiro atoms. The molecule has 192 valence electrons. The number of hydrogen-bond acceptors (Lipinski definition) is 7. The number of hydrogen-bond donors (Lipinski definition) is 3. The number of benzene rings is 2. The lowest BCUT2D eigenvalue weighted by molar-refractivity contribution is -0.168. The molecule has 1 fully saturated rings. The monoisotopic (exact) mass is 566 g/mol. The van der Waals surface area contributed by atoms with E-state index < -0.39 is 44.4 Å². The third-order valence-electron chi connectivity index (χ3n) is 5.15. The second kappa shape index (κ2) is 11.5. The summed E-state index contributed by atoms with van der Waals surface area (Å²) in [6, 6.07) is 9.88. The average molecular weight is 567 g/mol. The minimum absolute atomic E-state index is 0.262. The summed E-state index contributed by atoms with van der Waals surface area (Å²) in [6.07, 6.45) is 1.10. The summed E-state index contributed by atoms with van der Waals surface area (Å²) in [5.41, 5.74) is -2.69. The molecule has 0 amide bonds. The molecule has 0 radical (unpaired) electrons. The molecule has 1 unspecified atom stereocenters. The second-order valence-electron chi connectivity index (χ2n) is 7.75. The van der Waals surface area contributed by atoms with Crippen molar-refractivity contribution in [3.63, 3.8) is 0 Å². The van der Waals surface area contributed by atoms with Crippen LogP contribution in [0.2, 0.25) is 10.0 Å². The summed E-state index contributed by atoms with van der Waals surface area (Å²) in [5, 5.41) is 10.6. The topological polar surface area (TPSA) is 148 Å². The predicted octanol–water partition coefficient (Wildman–Crippen LogP) is 2.96. The van der Waals surface area contributed by atoms with Crippen LogP contribution in [-0.4, -0.2) is 53.1 Å². The highest BCUT2D eigenvalue weighted by molar-refractivity contribution is 7.90. The van der Waals surface area contributed by atoms with Gasteiger partial charge in [0.05, 0.1) is 16.4 Å². The molecule has 0 bridgehead atoms. The molecule has 2 aromatic carbocycles. The van der Waals surface area contributed by atoms with Gasteiger partial charge in [-0.1, -0.05) is 23.2 Å². The standard InChI is InChI=1S/C21H24Cl2N2O8S2/c22-15-4-8-17(9-5-15)34(28,29)24-21(20(26)27,12-14-33-19-3-1-2-13-32-19)25-35(30,31)18-10-6-16(23)7-11-18/h4-11,19,24-25H,1-3,12-14H2,(H,26,27). The highest BCUT2D eigenvalue weighted by Gasteiger charge is 2.46. The highest BCUT2D eigenvalue weighted by atomic mass is 35.5. The van der Waals surface area contributed by atoms with Gasteiger partial charge in [-0.3, -0.25) is 0 Å². The van der Waals surface area contributed by atoms with E-state index in [1.165, 1.54) is 24.3 Å². The molecular formula is C21H24Cl2N2O8S2. The maximum atomic E-state index is 13.1. The molecule has 3 rings (SSSR count). The third-order valence-corrected chi connectivity index (χ3v) is 8.67. The van der Waals surface area contributed by atoms with Gasteiger partial charge in [-0.15, -0.1) is 0 Å². The zero-order valence-electron chi connectivity index (χ0n) is 18.3. The van der Waals surface area contributed by atoms with E-state index in [0.717, 1.165) is 37.1 Å². The molecule has 3 N–H and O–H groups in total. The molecule has 0 saturated carbocycles. The van der Waals surface area contributed by atoms with Crippen molar-refractivity contribution in [1.29, 1.82) is 0 Å². The Morgan fingerprint density at radius 2 is 1.43 bits per heavy atom. The molecule has 1 saturated heterocycles. The van der Waals surface area contributed by atoms with E-state index >= 15 is 0 Å². The summed E-state index contributed by atoms with van der Waals surface area (Å²) < 4.78 is 67.3. The molecule has 0 aromatic heterocycles. The molecule has 0 aliphatic carbocycles. The number of carbonyl (C=O) groups is 1. The predicted molar refractivity (Wildman–Crippen MR) is 128 cm³/mol. The largest absolute Gasteiger partial charge is 0.479 e. The van der Waals surface area contributed by atoms with E-state index in [9.17, 15) is 26.7 Å². The van der Waals surface area contributed by atoms with Crippen molar-refractivity contribution in [3.05, 3.63) is 58.6 Å². The number of ether oxygens (including phenoxy) is 2. The maximum Gasteiger partial charge on any atom is 0.341 e. The molecule has 14 heteroatoms. The minimum Gasteiger partial charge on any atom is -0.479 e. The Labute approximate surface area is 213 Å². The van der Waals surface area contributed by atoms with Gasteiger partial charge in [0.1, 0.15) is 0 Å². The Morgan fingerprint density at radius 1 is 0.943 bits per heavy atom. The summed E-state index contributed by atoms with van der Waals surface area (Å²) in [7, 11) is -9.04. The summed E-state index contributed by atoms with van der Waals surface area (Å²) >= 11 is 11.6. The summed E-state index contributed by atoms with van der Waals surface area (Å²) in [4.78, 5) is 11.8. The van der Waals surface area contributed by atoms with Crippen molar-refractivity contribution < 1.29 is 36.2 Å². The van der Waals surface area contributed by atoms with Crippen LogP contribution in [0.15, 0.2) is 58.3 Å². The first-order valence-electron chi connectivity index (χ1n) is 10.5. The quantitative estimate of drug-likeness (QED) is 0.351. The van der Waals surface area contributed by atoms with Crippen LogP contribution >= 0.6 is 23.2 Å². The zero-order valence-corrected chi connectivity index (χ0v) is 21.5. The van der Waals surface area contributed by atoms with Crippen molar-refractivity contribution in [2.45, 2.75) is 47.4 Å². The lowest BCUT2D eigenvalue weighted by Gasteiger charge is -2.32. The third kappa shape index (κ3) is 7.37. The molecular weight excluding hydrogens is 543 g/mol. The molecule has 1 heterocycles. The first-order chi connectivity index (χ1) is 16.4.